The molecule has 4 aromatic carbocycles. The Morgan fingerprint density at radius 1 is 0.757 bits per heavy atom. The van der Waals surface area contributed by atoms with Crippen molar-refractivity contribution in [3.63, 3.8) is 0 Å². The van der Waals surface area contributed by atoms with E-state index in [0.29, 0.717) is 5.88 Å². The summed E-state index contributed by atoms with van der Waals surface area (Å²) in [6.45, 7) is 4.26. The van der Waals surface area contributed by atoms with Crippen LogP contribution in [0, 0.1) is 0 Å². The van der Waals surface area contributed by atoms with Gasteiger partial charge in [-0.3, -0.25) is 0 Å². The van der Waals surface area contributed by atoms with Crippen LogP contribution in [-0.2, 0) is 5.41 Å². The highest BCUT2D eigenvalue weighted by atomic mass is 16.3. The maximum atomic E-state index is 6.10. The lowest BCUT2D eigenvalue weighted by Gasteiger charge is -2.20. The highest BCUT2D eigenvalue weighted by Gasteiger charge is 2.45. The third kappa shape index (κ3) is 4.09. The molecule has 0 saturated heterocycles. The van der Waals surface area contributed by atoms with Crippen molar-refractivity contribution in [2.24, 2.45) is 0 Å². The molecule has 1 heterocycles. The summed E-state index contributed by atoms with van der Waals surface area (Å²) >= 11 is 0. The van der Waals surface area contributed by atoms with Crippen LogP contribution < -0.4 is 5.73 Å². The van der Waals surface area contributed by atoms with E-state index in [4.69, 9.17) is 10.2 Å². The second-order valence-electron chi connectivity index (χ2n) is 9.89. The maximum absolute atomic E-state index is 6.10. The molecular weight excluding hydrogens is 450 g/mol. The van der Waals surface area contributed by atoms with Crippen LogP contribution in [0.5, 0.6) is 0 Å². The number of hydrogen-bond donors (Lipinski definition) is 1. The summed E-state index contributed by atoms with van der Waals surface area (Å²) in [6, 6.07) is 35.0. The normalized spacial score (nSPS) is 16.9. The summed E-state index contributed by atoms with van der Waals surface area (Å²) in [7, 11) is 0. The third-order valence-electron chi connectivity index (χ3n) is 7.56. The van der Waals surface area contributed by atoms with Gasteiger partial charge in [-0.15, -0.1) is 0 Å². The standard InChI is InChI=1S/C35H31NO/c1-3-8-30-31-22-28(17-20-33(31)37-34(30)36)26-11-13-27(14-12-26)32-23-35(32,21-4-2)29-18-15-25(16-19-29)24-9-6-5-7-10-24/h3,5-20,22-23H,4,21,36H2,1-2H3/b8-3-. The molecule has 0 amide bonds. The first-order valence-corrected chi connectivity index (χ1v) is 13.1. The Labute approximate surface area is 218 Å². The quantitative estimate of drug-likeness (QED) is 0.251. The van der Waals surface area contributed by atoms with E-state index in [0.717, 1.165) is 34.9 Å². The molecule has 0 bridgehead atoms. The second kappa shape index (κ2) is 9.29. The van der Waals surface area contributed by atoms with E-state index in [-0.39, 0.29) is 5.41 Å². The summed E-state index contributed by atoms with van der Waals surface area (Å²) in [4.78, 5) is 0. The van der Waals surface area contributed by atoms with Gasteiger partial charge in [0.25, 0.3) is 0 Å². The number of benzene rings is 4. The van der Waals surface area contributed by atoms with E-state index < -0.39 is 0 Å². The molecule has 2 heteroatoms. The molecule has 2 N–H and O–H groups in total. The van der Waals surface area contributed by atoms with Crippen molar-refractivity contribution in [1.82, 2.24) is 0 Å². The van der Waals surface area contributed by atoms with Crippen molar-refractivity contribution in [1.29, 1.82) is 0 Å². The number of hydrogen-bond acceptors (Lipinski definition) is 2. The first kappa shape index (κ1) is 23.1. The van der Waals surface area contributed by atoms with Gasteiger partial charge in [0.15, 0.2) is 5.88 Å². The van der Waals surface area contributed by atoms with Gasteiger partial charge < -0.3 is 10.2 Å². The lowest BCUT2D eigenvalue weighted by Crippen LogP contribution is -2.11. The minimum absolute atomic E-state index is 0.0418. The lowest BCUT2D eigenvalue weighted by molar-refractivity contribution is 0.636. The van der Waals surface area contributed by atoms with Crippen LogP contribution in [0.2, 0.25) is 0 Å². The van der Waals surface area contributed by atoms with Crippen LogP contribution in [0.15, 0.2) is 114 Å². The van der Waals surface area contributed by atoms with Gasteiger partial charge in [-0.1, -0.05) is 117 Å². The van der Waals surface area contributed by atoms with Crippen molar-refractivity contribution in [3.05, 3.63) is 126 Å². The van der Waals surface area contributed by atoms with Crippen LogP contribution in [0.25, 0.3) is 44.9 Å². The Kier molecular flexibility index (Phi) is 5.81. The molecule has 0 radical (unpaired) electrons. The Morgan fingerprint density at radius 2 is 1.38 bits per heavy atom. The zero-order valence-corrected chi connectivity index (χ0v) is 21.4. The van der Waals surface area contributed by atoms with E-state index in [1.54, 1.807) is 0 Å². The van der Waals surface area contributed by atoms with E-state index in [9.17, 15) is 0 Å². The number of furan rings is 1. The summed E-state index contributed by atoms with van der Waals surface area (Å²) in [5.74, 6) is 0.463. The van der Waals surface area contributed by atoms with Gasteiger partial charge in [0.2, 0.25) is 0 Å². The van der Waals surface area contributed by atoms with Crippen molar-refractivity contribution in [2.45, 2.75) is 32.1 Å². The fourth-order valence-electron chi connectivity index (χ4n) is 5.62. The highest BCUT2D eigenvalue weighted by molar-refractivity contribution is 5.95. The number of fused-ring (bicyclic) bond motifs is 1. The average molecular weight is 482 g/mol. The van der Waals surface area contributed by atoms with Gasteiger partial charge in [-0.25, -0.2) is 0 Å². The molecule has 0 saturated carbocycles. The minimum atomic E-state index is 0.0418. The first-order valence-electron chi connectivity index (χ1n) is 13.1. The molecule has 37 heavy (non-hydrogen) atoms. The number of nitrogen functional groups attached to an aromatic ring is 1. The number of allylic oxidation sites excluding steroid dienone is 3. The fraction of sp³-hybridized carbons (Fsp3) is 0.143. The number of anilines is 1. The van der Waals surface area contributed by atoms with E-state index >= 15 is 0 Å². The van der Waals surface area contributed by atoms with Crippen LogP contribution in [0.1, 0.15) is 43.4 Å². The van der Waals surface area contributed by atoms with Gasteiger partial charge in [0, 0.05) is 16.4 Å². The largest absolute Gasteiger partial charge is 0.440 e. The van der Waals surface area contributed by atoms with E-state index in [1.807, 2.05) is 25.1 Å². The van der Waals surface area contributed by atoms with Crippen LogP contribution in [0.4, 0.5) is 5.88 Å². The van der Waals surface area contributed by atoms with Gasteiger partial charge in [-0.2, -0.15) is 0 Å². The van der Waals surface area contributed by atoms with E-state index in [1.165, 1.54) is 33.4 Å². The molecule has 1 aliphatic rings. The summed E-state index contributed by atoms with van der Waals surface area (Å²) < 4.78 is 5.74. The highest BCUT2D eigenvalue weighted by Crippen LogP contribution is 2.56. The van der Waals surface area contributed by atoms with Crippen LogP contribution in [0.3, 0.4) is 0 Å². The van der Waals surface area contributed by atoms with Crippen molar-refractivity contribution in [3.8, 4) is 22.3 Å². The zero-order valence-electron chi connectivity index (χ0n) is 21.4. The van der Waals surface area contributed by atoms with Gasteiger partial charge in [-0.05, 0) is 64.4 Å². The molecule has 1 unspecified atom stereocenters. The molecule has 1 atom stereocenters. The van der Waals surface area contributed by atoms with Crippen molar-refractivity contribution < 1.29 is 4.42 Å². The van der Waals surface area contributed by atoms with Gasteiger partial charge in [0.05, 0.1) is 0 Å². The Morgan fingerprint density at radius 3 is 2.08 bits per heavy atom. The van der Waals surface area contributed by atoms with Crippen molar-refractivity contribution >= 4 is 28.5 Å². The molecule has 1 aromatic heterocycles. The predicted octanol–water partition coefficient (Wildman–Crippen LogP) is 9.52. The Bertz CT molecular complexity index is 1620. The molecule has 1 aliphatic carbocycles. The predicted molar refractivity (Wildman–Crippen MR) is 157 cm³/mol. The summed E-state index contributed by atoms with van der Waals surface area (Å²) in [5, 5.41) is 1.04. The van der Waals surface area contributed by atoms with E-state index in [2.05, 4.69) is 104 Å². The van der Waals surface area contributed by atoms with Gasteiger partial charge in [0.1, 0.15) is 5.58 Å². The third-order valence-corrected chi connectivity index (χ3v) is 7.56. The first-order chi connectivity index (χ1) is 18.1. The molecule has 6 rings (SSSR count). The number of rotatable bonds is 7. The molecule has 182 valence electrons. The molecule has 2 nitrogen and oxygen atoms in total. The molecular formula is C35H31NO. The molecule has 5 aromatic rings. The smallest absolute Gasteiger partial charge is 0.198 e. The summed E-state index contributed by atoms with van der Waals surface area (Å²) in [6.07, 6.45) is 8.71. The zero-order chi connectivity index (χ0) is 25.4. The Balaban J connectivity index is 1.27. The lowest BCUT2D eigenvalue weighted by atomic mass is 9.83. The Hall–Kier alpha value is -4.30. The SMILES string of the molecule is C/C=C\c1c(N)oc2ccc(-c3ccc(C4=CC4(CCC)c4ccc(-c5ccccc5)cc4)cc3)cc12. The van der Waals surface area contributed by atoms with Crippen LogP contribution in [-0.4, -0.2) is 0 Å². The maximum Gasteiger partial charge on any atom is 0.198 e. The van der Waals surface area contributed by atoms with Crippen LogP contribution >= 0.6 is 0 Å². The van der Waals surface area contributed by atoms with Gasteiger partial charge >= 0.3 is 0 Å². The molecule has 0 spiro atoms. The average Bonchev–Trinajstić information content (AvgIpc) is 3.59. The molecule has 0 fully saturated rings. The summed E-state index contributed by atoms with van der Waals surface area (Å²) in [5.41, 5.74) is 16.9. The fourth-order valence-corrected chi connectivity index (χ4v) is 5.62. The van der Waals surface area contributed by atoms with Crippen molar-refractivity contribution in [2.75, 3.05) is 5.73 Å². The monoisotopic (exact) mass is 481 g/mol. The topological polar surface area (TPSA) is 39.2 Å². The number of nitrogens with two attached hydrogens (primary N) is 1. The minimum Gasteiger partial charge on any atom is -0.440 e. The second-order valence-corrected chi connectivity index (χ2v) is 9.89. The molecule has 0 aliphatic heterocycles.